The average molecular weight is 371 g/mol. The molecule has 0 spiro atoms. The molecule has 0 saturated carbocycles. The van der Waals surface area contributed by atoms with Crippen LogP contribution in [-0.4, -0.2) is 38.8 Å². The second-order valence-corrected chi connectivity index (χ2v) is 12.9. The smallest absolute Gasteiger partial charge is 0.152 e. The highest BCUT2D eigenvalue weighted by molar-refractivity contribution is 7.92. The molecule has 0 aliphatic rings. The van der Waals surface area contributed by atoms with Crippen LogP contribution in [0.3, 0.4) is 0 Å². The van der Waals surface area contributed by atoms with Gasteiger partial charge >= 0.3 is 0 Å². The highest BCUT2D eigenvalue weighted by Crippen LogP contribution is 2.09. The van der Waals surface area contributed by atoms with Crippen molar-refractivity contribution in [3.63, 3.8) is 0 Å². The molecule has 0 N–H and O–H groups in total. The van der Waals surface area contributed by atoms with Gasteiger partial charge in [-0.25, -0.2) is 16.8 Å². The molecule has 0 unspecified atom stereocenters. The van der Waals surface area contributed by atoms with E-state index in [0.717, 1.165) is 19.3 Å². The maximum atomic E-state index is 11.3. The minimum absolute atomic E-state index is 0.218. The summed E-state index contributed by atoms with van der Waals surface area (Å²) in [4.78, 5) is 0. The van der Waals surface area contributed by atoms with E-state index in [1.807, 2.05) is 13.8 Å². The highest BCUT2D eigenvalue weighted by atomic mass is 32.2. The van der Waals surface area contributed by atoms with Crippen LogP contribution in [0.15, 0.2) is 0 Å². The Morgan fingerprint density at radius 1 is 0.565 bits per heavy atom. The lowest BCUT2D eigenvalue weighted by molar-refractivity contribution is 0.556. The predicted octanol–water partition coefficient (Wildman–Crippen LogP) is 4.10. The topological polar surface area (TPSA) is 68.3 Å². The van der Waals surface area contributed by atoms with Gasteiger partial charge in [0.05, 0.1) is 22.0 Å². The first kappa shape index (κ1) is 25.1. The fourth-order valence-corrected chi connectivity index (χ4v) is 3.88. The minimum Gasteiger partial charge on any atom is -0.229 e. The molecule has 0 amide bonds. The first-order chi connectivity index (χ1) is 10.2. The maximum absolute atomic E-state index is 11.3. The van der Waals surface area contributed by atoms with Crippen LogP contribution in [0.4, 0.5) is 0 Å². The van der Waals surface area contributed by atoms with Gasteiger partial charge in [0.25, 0.3) is 0 Å². The van der Waals surface area contributed by atoms with Gasteiger partial charge in [-0.2, -0.15) is 0 Å². The zero-order valence-electron chi connectivity index (χ0n) is 16.3. The van der Waals surface area contributed by atoms with Gasteiger partial charge in [-0.3, -0.25) is 0 Å². The van der Waals surface area contributed by atoms with Gasteiger partial charge in [0, 0.05) is 0 Å². The average Bonchev–Trinajstić information content (AvgIpc) is 2.36. The SMILES string of the molecule is CC(C)CCCS(=O)(=O)C(C)C.CC(C)CCS(=O)(=O)C(C)C. The van der Waals surface area contributed by atoms with Crippen LogP contribution in [0.25, 0.3) is 0 Å². The largest absolute Gasteiger partial charge is 0.229 e. The Kier molecular flexibility index (Phi) is 12.5. The summed E-state index contributed by atoms with van der Waals surface area (Å²) in [6, 6.07) is 0. The van der Waals surface area contributed by atoms with Crippen molar-refractivity contribution >= 4 is 19.7 Å². The van der Waals surface area contributed by atoms with Gasteiger partial charge in [-0.05, 0) is 52.4 Å². The fourth-order valence-electron chi connectivity index (χ4n) is 1.56. The fraction of sp³-hybridized carbons (Fsp3) is 1.00. The van der Waals surface area contributed by atoms with Gasteiger partial charge in [-0.15, -0.1) is 0 Å². The number of hydrogen-bond donors (Lipinski definition) is 0. The van der Waals surface area contributed by atoms with Crippen LogP contribution < -0.4 is 0 Å². The number of hydrogen-bond acceptors (Lipinski definition) is 4. The van der Waals surface area contributed by atoms with Crippen molar-refractivity contribution in [2.75, 3.05) is 11.5 Å². The lowest BCUT2D eigenvalue weighted by atomic mass is 10.1. The minimum atomic E-state index is -2.79. The summed E-state index contributed by atoms with van der Waals surface area (Å²) in [5.41, 5.74) is 0. The Bertz CT molecular complexity index is 487. The van der Waals surface area contributed by atoms with E-state index in [1.165, 1.54) is 0 Å². The monoisotopic (exact) mass is 370 g/mol. The zero-order valence-corrected chi connectivity index (χ0v) is 17.9. The Balaban J connectivity index is 0. The first-order valence-electron chi connectivity index (χ1n) is 8.65. The Morgan fingerprint density at radius 3 is 1.22 bits per heavy atom. The second kappa shape index (κ2) is 11.5. The van der Waals surface area contributed by atoms with E-state index in [9.17, 15) is 16.8 Å². The zero-order chi connectivity index (χ0) is 18.8. The van der Waals surface area contributed by atoms with E-state index in [4.69, 9.17) is 0 Å². The van der Waals surface area contributed by atoms with Crippen molar-refractivity contribution in [1.29, 1.82) is 0 Å². The summed E-state index contributed by atoms with van der Waals surface area (Å²) in [7, 11) is -5.59. The van der Waals surface area contributed by atoms with E-state index < -0.39 is 19.7 Å². The van der Waals surface area contributed by atoms with Crippen molar-refractivity contribution in [3.8, 4) is 0 Å². The molecule has 0 rings (SSSR count). The molecule has 4 nitrogen and oxygen atoms in total. The third-order valence-electron chi connectivity index (χ3n) is 3.63. The molecule has 0 aliphatic carbocycles. The molecule has 0 aromatic heterocycles. The van der Waals surface area contributed by atoms with E-state index in [2.05, 4.69) is 13.8 Å². The Labute approximate surface area is 145 Å². The van der Waals surface area contributed by atoms with Crippen molar-refractivity contribution in [2.45, 2.75) is 85.2 Å². The highest BCUT2D eigenvalue weighted by Gasteiger charge is 2.16. The lowest BCUT2D eigenvalue weighted by Gasteiger charge is -2.08. The quantitative estimate of drug-likeness (QED) is 0.613. The Hall–Kier alpha value is -0.100. The number of sulfone groups is 2. The van der Waals surface area contributed by atoms with Crippen LogP contribution in [-0.2, 0) is 19.7 Å². The van der Waals surface area contributed by atoms with E-state index in [-0.39, 0.29) is 10.5 Å². The summed E-state index contributed by atoms with van der Waals surface area (Å²) >= 11 is 0. The van der Waals surface area contributed by atoms with E-state index in [1.54, 1.807) is 27.7 Å². The molecule has 0 saturated heterocycles. The molecule has 0 fully saturated rings. The summed E-state index contributed by atoms with van der Waals surface area (Å²) in [6.07, 6.45) is 2.59. The van der Waals surface area contributed by atoms with Gasteiger partial charge in [0.1, 0.15) is 0 Å². The van der Waals surface area contributed by atoms with Crippen LogP contribution >= 0.6 is 0 Å². The predicted molar refractivity (Wildman–Crippen MR) is 101 cm³/mol. The van der Waals surface area contributed by atoms with Crippen molar-refractivity contribution in [2.24, 2.45) is 11.8 Å². The third kappa shape index (κ3) is 14.0. The summed E-state index contributed by atoms with van der Waals surface area (Å²) < 4.78 is 45.1. The third-order valence-corrected chi connectivity index (χ3v) is 8.16. The standard InChI is InChI=1S/C9H20O2S.C8H18O2S/c1-8(2)6-5-7-12(10,11)9(3)4;1-7(2)5-6-11(9,10)8(3)4/h8-9H,5-7H2,1-4H3;7-8H,5-6H2,1-4H3. The summed E-state index contributed by atoms with van der Waals surface area (Å²) in [5, 5.41) is -0.439. The van der Waals surface area contributed by atoms with Crippen LogP contribution in [0.1, 0.15) is 74.7 Å². The summed E-state index contributed by atoms with van der Waals surface area (Å²) in [5.74, 6) is 1.77. The molecular formula is C17H38O4S2. The van der Waals surface area contributed by atoms with Crippen LogP contribution in [0, 0.1) is 11.8 Å². The Morgan fingerprint density at radius 2 is 0.913 bits per heavy atom. The normalized spacial score (nSPS) is 12.9. The molecule has 0 radical (unpaired) electrons. The first-order valence-corrected chi connectivity index (χ1v) is 12.1. The molecule has 0 bridgehead atoms. The molecule has 0 heterocycles. The van der Waals surface area contributed by atoms with Crippen LogP contribution in [0.2, 0.25) is 0 Å². The van der Waals surface area contributed by atoms with Crippen molar-refractivity contribution in [3.05, 3.63) is 0 Å². The van der Waals surface area contributed by atoms with Crippen LogP contribution in [0.5, 0.6) is 0 Å². The van der Waals surface area contributed by atoms with Crippen molar-refractivity contribution in [1.82, 2.24) is 0 Å². The van der Waals surface area contributed by atoms with E-state index in [0.29, 0.717) is 23.3 Å². The molecule has 6 heteroatoms. The lowest BCUT2D eigenvalue weighted by Crippen LogP contribution is -2.18. The molecule has 0 aliphatic heterocycles. The van der Waals surface area contributed by atoms with Gasteiger partial charge in [-0.1, -0.05) is 34.1 Å². The summed E-state index contributed by atoms with van der Waals surface area (Å²) in [6.45, 7) is 15.2. The van der Waals surface area contributed by atoms with Crippen molar-refractivity contribution < 1.29 is 16.8 Å². The molecule has 142 valence electrons. The molecule has 23 heavy (non-hydrogen) atoms. The van der Waals surface area contributed by atoms with E-state index >= 15 is 0 Å². The molecule has 0 aromatic rings. The second-order valence-electron chi connectivity index (χ2n) is 7.55. The van der Waals surface area contributed by atoms with Gasteiger partial charge in [0.15, 0.2) is 19.7 Å². The molecular weight excluding hydrogens is 332 g/mol. The van der Waals surface area contributed by atoms with Gasteiger partial charge < -0.3 is 0 Å². The number of rotatable bonds is 9. The maximum Gasteiger partial charge on any atom is 0.152 e. The molecule has 0 atom stereocenters. The molecule has 0 aromatic carbocycles. The van der Waals surface area contributed by atoms with Gasteiger partial charge in [0.2, 0.25) is 0 Å².